The highest BCUT2D eigenvalue weighted by Crippen LogP contribution is 2.38. The number of carboxylic acids is 2. The number of para-hydroxylation sites is 1. The second kappa shape index (κ2) is 20.7. The Balaban J connectivity index is 0.000000168. The van der Waals surface area contributed by atoms with Crippen molar-refractivity contribution >= 4 is 68.2 Å². The molecule has 348 valence electrons. The number of carboxylic acid groups (broad SMARTS) is 2. The second-order valence-corrected chi connectivity index (χ2v) is 16.6. The van der Waals surface area contributed by atoms with Gasteiger partial charge in [-0.1, -0.05) is 72.5 Å². The van der Waals surface area contributed by atoms with Crippen LogP contribution in [-0.4, -0.2) is 57.0 Å². The number of hydrogen-bond donors (Lipinski definition) is 4. The largest absolute Gasteiger partial charge is 0.872 e. The van der Waals surface area contributed by atoms with Crippen LogP contribution in [0.25, 0.3) is 50.3 Å². The van der Waals surface area contributed by atoms with Crippen LogP contribution in [0.3, 0.4) is 0 Å². The van der Waals surface area contributed by atoms with Crippen molar-refractivity contribution < 1.29 is 49.2 Å². The number of carbonyl (C=O) groups excluding carboxylic acids is 1. The molecule has 0 atom stereocenters. The Morgan fingerprint density at radius 2 is 1.28 bits per heavy atom. The summed E-state index contributed by atoms with van der Waals surface area (Å²) >= 11 is 0. The van der Waals surface area contributed by atoms with Crippen molar-refractivity contribution in [2.24, 2.45) is 7.05 Å². The normalized spacial score (nSPS) is 10.9. The van der Waals surface area contributed by atoms with Crippen LogP contribution >= 0.6 is 0 Å². The quantitative estimate of drug-likeness (QED) is 0.0619. The molecule has 2 aromatic heterocycles. The zero-order valence-electron chi connectivity index (χ0n) is 39.0. The van der Waals surface area contributed by atoms with Crippen molar-refractivity contribution in [3.05, 3.63) is 197 Å². The number of hydrogen-bond acceptors (Lipinski definition) is 8. The zero-order chi connectivity index (χ0) is 49.5. The van der Waals surface area contributed by atoms with Gasteiger partial charge in [0.1, 0.15) is 29.9 Å². The molecule has 0 radical (unpaired) electrons. The molecule has 0 saturated heterocycles. The minimum Gasteiger partial charge on any atom is -0.872 e. The molecule has 9 rings (SSSR count). The maximum Gasteiger partial charge on any atom is 0.339 e. The van der Waals surface area contributed by atoms with Crippen LogP contribution in [0.15, 0.2) is 152 Å². The number of fused-ring (bicyclic) bond motifs is 3. The Bertz CT molecular complexity index is 3310. The summed E-state index contributed by atoms with van der Waals surface area (Å²) in [7, 11) is 6.28. The third-order valence-electron chi connectivity index (χ3n) is 11.8. The Hall–Kier alpha value is -8.90. The number of pyridine rings is 1. The van der Waals surface area contributed by atoms with Crippen LogP contribution < -0.4 is 19.3 Å². The predicted octanol–water partition coefficient (Wildman–Crippen LogP) is 10.4. The van der Waals surface area contributed by atoms with Gasteiger partial charge in [-0.25, -0.2) is 9.59 Å². The predicted molar refractivity (Wildman–Crippen MR) is 269 cm³/mol. The lowest BCUT2D eigenvalue weighted by molar-refractivity contribution is -0.646. The van der Waals surface area contributed by atoms with E-state index in [2.05, 4.69) is 128 Å². The summed E-state index contributed by atoms with van der Waals surface area (Å²) in [5, 5.41) is 54.9. The fourth-order valence-corrected chi connectivity index (χ4v) is 8.31. The molecule has 0 spiro atoms. The standard InChI is InChI=1S/C26H28N3.C23H16O6.C8H8O3/c1-19-17-21(20(2)29(19)24-9-7-6-8-10-24)11-13-23-14-12-22-18-25(27(3)4)15-16-26(22)28(23)5;24-20-16(14-7-3-1-5-12(14)9-18(20)22(26)27)11-17-15-8-4-2-6-13(15)10-19(21(17)25)23(28)29;1-6(9)11-8-4-2-7(10)3-5-8/h6-18H,1-5H3;1-10,24-25H,11H2,(H,26,27)(H,28,29);2-5,10H,1H3/q+1;;/p-1. The molecule has 2 heterocycles. The van der Waals surface area contributed by atoms with Crippen LogP contribution in [0.4, 0.5) is 5.69 Å². The Morgan fingerprint density at radius 1 is 0.681 bits per heavy atom. The number of aryl methyl sites for hydroxylation is 2. The minimum absolute atomic E-state index is 0.103. The lowest BCUT2D eigenvalue weighted by Gasteiger charge is -2.21. The summed E-state index contributed by atoms with van der Waals surface area (Å²) in [5.74, 6) is -3.48. The molecule has 0 fully saturated rings. The summed E-state index contributed by atoms with van der Waals surface area (Å²) in [6.07, 6.45) is 4.32. The van der Waals surface area contributed by atoms with Crippen molar-refractivity contribution in [1.29, 1.82) is 0 Å². The van der Waals surface area contributed by atoms with E-state index in [0.717, 1.165) is 0 Å². The lowest BCUT2D eigenvalue weighted by atomic mass is 9.90. The Kier molecular flexibility index (Phi) is 14.4. The second-order valence-electron chi connectivity index (χ2n) is 16.6. The van der Waals surface area contributed by atoms with E-state index in [-0.39, 0.29) is 40.4 Å². The molecule has 4 N–H and O–H groups in total. The monoisotopic (exact) mass is 921 g/mol. The number of anilines is 1. The number of nitrogens with zero attached hydrogens (tertiary/aromatic N) is 3. The molecule has 12 heteroatoms. The molecule has 0 aliphatic carbocycles. The molecule has 0 saturated carbocycles. The molecule has 7 aromatic carbocycles. The molecule has 0 aliphatic rings. The van der Waals surface area contributed by atoms with Crippen LogP contribution in [0.2, 0.25) is 0 Å². The summed E-state index contributed by atoms with van der Waals surface area (Å²) in [4.78, 5) is 35.7. The van der Waals surface area contributed by atoms with Crippen LogP contribution in [-0.2, 0) is 18.3 Å². The van der Waals surface area contributed by atoms with Gasteiger partial charge in [0.25, 0.3) is 0 Å². The molecule has 0 unspecified atom stereocenters. The molecule has 0 bridgehead atoms. The van der Waals surface area contributed by atoms with Gasteiger partial charge >= 0.3 is 17.9 Å². The zero-order valence-corrected chi connectivity index (χ0v) is 39.0. The number of phenolic OH excluding ortho intramolecular Hbond substituents is 1. The smallest absolute Gasteiger partial charge is 0.339 e. The van der Waals surface area contributed by atoms with Crippen LogP contribution in [0, 0.1) is 13.8 Å². The molecule has 0 aliphatic heterocycles. The highest BCUT2D eigenvalue weighted by atomic mass is 16.5. The number of benzene rings is 7. The first-order valence-corrected chi connectivity index (χ1v) is 21.9. The first kappa shape index (κ1) is 48.0. The van der Waals surface area contributed by atoms with E-state index in [4.69, 9.17) is 9.84 Å². The Morgan fingerprint density at radius 3 is 1.88 bits per heavy atom. The van der Waals surface area contributed by atoms with Gasteiger partial charge in [-0.15, -0.1) is 0 Å². The summed E-state index contributed by atoms with van der Waals surface area (Å²) in [6.45, 7) is 5.67. The van der Waals surface area contributed by atoms with E-state index in [1.54, 1.807) is 48.5 Å². The highest BCUT2D eigenvalue weighted by molar-refractivity contribution is 6.02. The van der Waals surface area contributed by atoms with Gasteiger partial charge in [0.05, 0.1) is 5.56 Å². The van der Waals surface area contributed by atoms with Gasteiger partial charge in [-0.2, -0.15) is 4.57 Å². The summed E-state index contributed by atoms with van der Waals surface area (Å²) < 4.78 is 9.28. The van der Waals surface area contributed by atoms with Gasteiger partial charge in [0, 0.05) is 79.4 Å². The van der Waals surface area contributed by atoms with Crippen LogP contribution in [0.5, 0.6) is 23.0 Å². The van der Waals surface area contributed by atoms with E-state index in [1.165, 1.54) is 88.2 Å². The first-order valence-electron chi connectivity index (χ1n) is 21.9. The van der Waals surface area contributed by atoms with Crippen molar-refractivity contribution in [1.82, 2.24) is 4.57 Å². The molecule has 69 heavy (non-hydrogen) atoms. The number of carbonyl (C=O) groups is 3. The number of aromatic nitrogens is 2. The number of rotatable bonds is 9. The van der Waals surface area contributed by atoms with Gasteiger partial charge in [0.2, 0.25) is 11.2 Å². The SMILES string of the molecule is CC(=O)Oc1ccc(O)cc1.Cc1cc(C=Cc2ccc3cc(N(C)C)ccc3[n+]2C)c(C)n1-c1ccccc1.O=C(O)c1cc2ccccc2c(Cc2c(O)c(C(=O)O)cc3ccccc23)c1[O-]. The number of aromatic hydroxyl groups is 2. The van der Waals surface area contributed by atoms with E-state index >= 15 is 0 Å². The van der Waals surface area contributed by atoms with Crippen molar-refractivity contribution in [2.75, 3.05) is 19.0 Å². The topological polar surface area (TPSA) is 176 Å². The van der Waals surface area contributed by atoms with Gasteiger partial charge in [0.15, 0.2) is 0 Å². The third kappa shape index (κ3) is 10.7. The van der Waals surface area contributed by atoms with E-state index in [1.807, 2.05) is 0 Å². The summed E-state index contributed by atoms with van der Waals surface area (Å²) in [6, 6.07) is 46.3. The fraction of sp³-hybridized carbons (Fsp3) is 0.123. The average molecular weight is 922 g/mol. The molecule has 0 amide bonds. The third-order valence-corrected chi connectivity index (χ3v) is 11.8. The minimum atomic E-state index is -1.34. The number of esters is 1. The summed E-state index contributed by atoms with van der Waals surface area (Å²) in [5.41, 5.74) is 8.40. The van der Waals surface area contributed by atoms with Gasteiger partial charge < -0.3 is 39.7 Å². The number of aromatic carboxylic acids is 2. The van der Waals surface area contributed by atoms with Gasteiger partial charge in [-0.05, 0) is 125 Å². The number of phenols is 2. The molecule has 9 aromatic rings. The maximum absolute atomic E-state index is 12.9. The van der Waals surface area contributed by atoms with E-state index in [0.29, 0.717) is 27.3 Å². The fourth-order valence-electron chi connectivity index (χ4n) is 8.31. The maximum atomic E-state index is 12.9. The number of ether oxygens (including phenoxy) is 1. The average Bonchev–Trinajstić information content (AvgIpc) is 3.62. The highest BCUT2D eigenvalue weighted by Gasteiger charge is 2.20. The van der Waals surface area contributed by atoms with E-state index in [9.17, 15) is 34.8 Å². The van der Waals surface area contributed by atoms with Crippen molar-refractivity contribution in [2.45, 2.75) is 27.2 Å². The molecular weight excluding hydrogens is 871 g/mol. The van der Waals surface area contributed by atoms with Crippen LogP contribution in [0.1, 0.15) is 61.4 Å². The van der Waals surface area contributed by atoms with Crippen molar-refractivity contribution in [3.8, 4) is 28.7 Å². The first-order chi connectivity index (χ1) is 33.0. The van der Waals surface area contributed by atoms with E-state index < -0.39 is 23.4 Å². The molecule has 12 nitrogen and oxygen atoms in total. The van der Waals surface area contributed by atoms with Gasteiger partial charge in [-0.3, -0.25) is 4.79 Å². The lowest BCUT2D eigenvalue weighted by Crippen LogP contribution is -2.32. The van der Waals surface area contributed by atoms with Crippen molar-refractivity contribution in [3.63, 3.8) is 0 Å². The molecular formula is C57H51N3O9. The Labute approximate surface area is 399 Å².